The number of nitrogens with zero attached hydrogens (tertiary/aromatic N) is 6. The lowest BCUT2D eigenvalue weighted by atomic mass is 9.89. The molecule has 0 unspecified atom stereocenters. The normalized spacial score (nSPS) is 11.9. The molecule has 0 saturated heterocycles. The standard InChI is InChI=1S/C29H27N3O2.C28H28N6O5.C21H22N2O3.C7H6N2.2CO2.H3NO/c1-4-23-15-26(28(33)14-20-5-7-21(16-30)8-6-20)25(13-18(23)2)24-11-12-27(32-19(24)3)29(34)31-17-22-9-10-22;1-3-17-13-22(26(35)31-19-8-6-18(7-9-19)25(29)33-38)21(12-15(17)2)20-10-11-23(32-24(20)28(37)34-39)27(36)30-14-16-4-5-16;1-4-15-10-18(21(25)26)17(9-12(15)2)16-7-8-19(23-13(16)3)20(24)22-11-14-5-6-14;8-5-6-1-3-7(9)4-2-6;2*2-1-3;1-2/h4-8,11-13,15,22H,1,9-10,14,17H2,2-3H3,(H,31,34);3,6-13,16,38-39H,1,4-5,14H2,2H3,(H2,29,33)(H,30,36)(H,31,35)(H,34,37);4,7-10,14H,1,5-6,11H2,2-3H3,(H,22,24)(H,25,26);1-4H,9H2;;;2H,1H2. The molecule has 594 valence electrons. The maximum Gasteiger partial charge on any atom is 0.373 e. The quantitative estimate of drug-likeness (QED) is 0.00538. The second-order valence-corrected chi connectivity index (χ2v) is 26.7. The molecule has 3 aliphatic carbocycles. The molecule has 3 saturated carbocycles. The number of rotatable bonds is 23. The lowest BCUT2D eigenvalue weighted by molar-refractivity contribution is -0.193. The van der Waals surface area contributed by atoms with E-state index in [1.54, 1.807) is 140 Å². The number of carboxylic acids is 1. The number of benzene rings is 6. The Kier molecular flexibility index (Phi) is 34.4. The Labute approximate surface area is 668 Å². The van der Waals surface area contributed by atoms with Crippen molar-refractivity contribution < 1.29 is 73.5 Å². The van der Waals surface area contributed by atoms with Gasteiger partial charge >= 0.3 is 18.3 Å². The van der Waals surface area contributed by atoms with Gasteiger partial charge in [-0.2, -0.15) is 29.7 Å². The highest BCUT2D eigenvalue weighted by Gasteiger charge is 2.28. The number of anilines is 2. The van der Waals surface area contributed by atoms with E-state index in [9.17, 15) is 43.9 Å². The summed E-state index contributed by atoms with van der Waals surface area (Å²) in [5.74, 6) is 1.82. The van der Waals surface area contributed by atoms with E-state index in [4.69, 9.17) is 51.6 Å². The minimum Gasteiger partial charge on any atom is -0.478 e. The van der Waals surface area contributed by atoms with E-state index < -0.39 is 23.7 Å². The van der Waals surface area contributed by atoms with Crippen LogP contribution >= 0.6 is 0 Å². The average molecular weight is 1570 g/mol. The van der Waals surface area contributed by atoms with Crippen LogP contribution in [0.4, 0.5) is 11.4 Å². The highest BCUT2D eigenvalue weighted by molar-refractivity contribution is 6.12. The fraction of sp³-hybridized carbons (Fsp3) is 0.207. The number of carbonyl (C=O) groups is 7. The van der Waals surface area contributed by atoms with Gasteiger partial charge in [-0.15, -0.1) is 0 Å². The number of ketones is 1. The number of nitriles is 2. The molecular formula is C87H86N14O15. The fourth-order valence-corrected chi connectivity index (χ4v) is 11.5. The number of carbonyl (C=O) groups excluding carboxylic acids is 10. The zero-order valence-corrected chi connectivity index (χ0v) is 64.2. The smallest absolute Gasteiger partial charge is 0.373 e. The summed E-state index contributed by atoms with van der Waals surface area (Å²) in [7, 11) is 0. The fourth-order valence-electron chi connectivity index (χ4n) is 11.5. The van der Waals surface area contributed by atoms with Crippen LogP contribution < -0.4 is 44.1 Å². The number of aromatic carboxylic acids is 1. The van der Waals surface area contributed by atoms with Crippen molar-refractivity contribution >= 4 is 89.0 Å². The van der Waals surface area contributed by atoms with Gasteiger partial charge in [-0.25, -0.2) is 31.1 Å². The van der Waals surface area contributed by atoms with Gasteiger partial charge in [0.15, 0.2) is 11.6 Å². The number of oxime groups is 1. The number of Topliss-reactive ketones (excluding diaryl/α,β-unsaturated/α-hetero) is 1. The number of nitrogens with two attached hydrogens (primary N) is 3. The van der Waals surface area contributed by atoms with Crippen LogP contribution in [0, 0.1) is 75.0 Å². The summed E-state index contributed by atoms with van der Waals surface area (Å²) in [6.45, 7) is 22.7. The molecule has 116 heavy (non-hydrogen) atoms. The monoisotopic (exact) mass is 1570 g/mol. The minimum absolute atomic E-state index is 0.00853. The number of hydroxylamine groups is 1. The molecule has 0 bridgehead atoms. The van der Waals surface area contributed by atoms with Crippen LogP contribution in [0.5, 0.6) is 0 Å². The molecule has 29 heteroatoms. The van der Waals surface area contributed by atoms with Crippen molar-refractivity contribution in [3.8, 4) is 45.5 Å². The lowest BCUT2D eigenvalue weighted by Gasteiger charge is -2.16. The molecule has 0 atom stereocenters. The molecule has 0 spiro atoms. The topological polar surface area (TPSA) is 506 Å². The Morgan fingerprint density at radius 1 is 0.500 bits per heavy atom. The number of hydrogen-bond acceptors (Lipinski definition) is 22. The summed E-state index contributed by atoms with van der Waals surface area (Å²) in [6, 6.07) is 44.9. The summed E-state index contributed by atoms with van der Waals surface area (Å²) >= 11 is 0. The molecule has 12 rings (SSSR count). The van der Waals surface area contributed by atoms with E-state index in [1.165, 1.54) is 37.8 Å². The number of nitrogen functional groups attached to an aromatic ring is 1. The Hall–Kier alpha value is -14.8. The molecule has 3 aromatic heterocycles. The van der Waals surface area contributed by atoms with Crippen molar-refractivity contribution in [2.75, 3.05) is 30.7 Å². The molecule has 9 aromatic rings. The van der Waals surface area contributed by atoms with E-state index in [2.05, 4.69) is 73.1 Å². The Balaban J connectivity index is 0.000000248. The van der Waals surface area contributed by atoms with Crippen LogP contribution in [-0.2, 0) is 25.6 Å². The van der Waals surface area contributed by atoms with Gasteiger partial charge in [-0.3, -0.25) is 34.0 Å². The van der Waals surface area contributed by atoms with Crippen molar-refractivity contribution in [1.29, 1.82) is 10.5 Å². The van der Waals surface area contributed by atoms with E-state index in [1.807, 2.05) is 58.0 Å². The molecular weight excluding hydrogens is 1480 g/mol. The molecule has 6 aromatic carbocycles. The first kappa shape index (κ1) is 90.1. The number of amidine groups is 1. The zero-order chi connectivity index (χ0) is 85.3. The van der Waals surface area contributed by atoms with Crippen molar-refractivity contribution in [3.63, 3.8) is 0 Å². The van der Waals surface area contributed by atoms with E-state index in [0.29, 0.717) is 116 Å². The molecule has 0 aliphatic heterocycles. The Morgan fingerprint density at radius 3 is 1.24 bits per heavy atom. The van der Waals surface area contributed by atoms with Gasteiger partial charge in [-0.1, -0.05) is 73.5 Å². The van der Waals surface area contributed by atoms with Crippen LogP contribution in [0.15, 0.2) is 170 Å². The summed E-state index contributed by atoms with van der Waals surface area (Å²) in [5.41, 5.74) is 27.6. The molecule has 3 aliphatic rings. The largest absolute Gasteiger partial charge is 0.478 e. The summed E-state index contributed by atoms with van der Waals surface area (Å²) < 4.78 is 0. The van der Waals surface area contributed by atoms with Crippen LogP contribution in [0.25, 0.3) is 51.6 Å². The molecule has 29 nitrogen and oxygen atoms in total. The third-order valence-electron chi connectivity index (χ3n) is 18.4. The van der Waals surface area contributed by atoms with E-state index in [-0.39, 0.29) is 70.2 Å². The predicted molar refractivity (Wildman–Crippen MR) is 432 cm³/mol. The number of aromatic nitrogens is 3. The maximum atomic E-state index is 13.5. The Morgan fingerprint density at radius 2 is 0.871 bits per heavy atom. The third kappa shape index (κ3) is 25.9. The second-order valence-electron chi connectivity index (χ2n) is 26.7. The van der Waals surface area contributed by atoms with Gasteiger partial charge in [0.2, 0.25) is 0 Å². The first-order chi connectivity index (χ1) is 55.7. The van der Waals surface area contributed by atoms with Crippen molar-refractivity contribution in [1.82, 2.24) is 36.4 Å². The number of nitrogens with one attached hydrogen (secondary N) is 5. The third-order valence-corrected chi connectivity index (χ3v) is 18.4. The minimum atomic E-state index is -1.01. The Bertz CT molecular complexity index is 5320. The van der Waals surface area contributed by atoms with Gasteiger partial charge in [0.05, 0.1) is 28.8 Å². The van der Waals surface area contributed by atoms with Gasteiger partial charge in [-0.05, 0) is 262 Å². The van der Waals surface area contributed by atoms with Crippen LogP contribution in [0.2, 0.25) is 0 Å². The lowest BCUT2D eigenvalue weighted by Crippen LogP contribution is -2.28. The van der Waals surface area contributed by atoms with Gasteiger partial charge < -0.3 is 48.3 Å². The zero-order valence-electron chi connectivity index (χ0n) is 64.2. The SMILES string of the molecule is C=Cc1cc(C(=O)Cc2ccc(C#N)cc2)c(-c2ccc(C(=O)NCC3CC3)nc2C)cc1C.C=Cc1cc(C(=O)Nc2ccc(/C(N)=N/O)cc2)c(-c2ccc(C(=O)NCC3CC3)nc2C(=O)NO)cc1C.C=Cc1cc(C(=O)O)c(-c2ccc(C(=O)NCC3CC3)nc2C)cc1C.N#Cc1ccc(N)cc1.NO.O=C=O.O=C=O. The second kappa shape index (κ2) is 44.3. The molecule has 3 fully saturated rings. The summed E-state index contributed by atoms with van der Waals surface area (Å²) in [6.07, 6.45) is 12.5. The highest BCUT2D eigenvalue weighted by Crippen LogP contribution is 2.36. The van der Waals surface area contributed by atoms with Crippen molar-refractivity contribution in [3.05, 3.63) is 272 Å². The number of carboxylic acid groups (broad SMARTS) is 1. The first-order valence-corrected chi connectivity index (χ1v) is 35.9. The van der Waals surface area contributed by atoms with Crippen LogP contribution in [-0.4, -0.2) is 115 Å². The maximum absolute atomic E-state index is 13.5. The summed E-state index contributed by atoms with van der Waals surface area (Å²) in [4.78, 5) is 134. The van der Waals surface area contributed by atoms with Crippen LogP contribution in [0.3, 0.4) is 0 Å². The number of hydrogen-bond donors (Lipinski definition) is 12. The van der Waals surface area contributed by atoms with Crippen LogP contribution in [0.1, 0.15) is 179 Å². The number of amides is 5. The highest BCUT2D eigenvalue weighted by atomic mass is 16.5. The molecule has 0 radical (unpaired) electrons. The first-order valence-electron chi connectivity index (χ1n) is 35.9. The van der Waals surface area contributed by atoms with Gasteiger partial charge in [0, 0.05) is 82.2 Å². The predicted octanol–water partition coefficient (Wildman–Crippen LogP) is 11.9. The van der Waals surface area contributed by atoms with Gasteiger partial charge in [0.25, 0.3) is 29.5 Å². The molecule has 15 N–H and O–H groups in total. The number of pyridine rings is 3. The summed E-state index contributed by atoms with van der Waals surface area (Å²) in [5, 5.41) is 66.1. The van der Waals surface area contributed by atoms with E-state index in [0.717, 1.165) is 57.3 Å². The molecule has 3 heterocycles. The van der Waals surface area contributed by atoms with Crippen molar-refractivity contribution in [2.24, 2.45) is 34.5 Å². The number of aryl methyl sites for hydroxylation is 5. The average Bonchev–Trinajstić information content (AvgIpc) is 1.49. The van der Waals surface area contributed by atoms with Gasteiger partial charge in [0.1, 0.15) is 22.8 Å². The van der Waals surface area contributed by atoms with Crippen molar-refractivity contribution in [2.45, 2.75) is 79.6 Å². The van der Waals surface area contributed by atoms with E-state index >= 15 is 0 Å². The molecule has 5 amide bonds.